The number of rotatable bonds is 5. The molecular weight excluding hydrogens is 364 g/mol. The summed E-state index contributed by atoms with van der Waals surface area (Å²) in [7, 11) is 0. The van der Waals surface area contributed by atoms with Gasteiger partial charge in [-0.3, -0.25) is 4.79 Å². The first-order chi connectivity index (χ1) is 14.1. The summed E-state index contributed by atoms with van der Waals surface area (Å²) in [4.78, 5) is 12.8. The van der Waals surface area contributed by atoms with Gasteiger partial charge in [-0.25, -0.2) is 0 Å². The van der Waals surface area contributed by atoms with Gasteiger partial charge in [-0.1, -0.05) is 30.3 Å². The maximum atomic E-state index is 12.8. The third-order valence-electron chi connectivity index (χ3n) is 4.89. The van der Waals surface area contributed by atoms with Crippen LogP contribution >= 0.6 is 0 Å². The first kappa shape index (κ1) is 17.4. The minimum Gasteiger partial charge on any atom is -0.456 e. The molecule has 1 aromatic rings. The van der Waals surface area contributed by atoms with Gasteiger partial charge < -0.3 is 28.4 Å². The second-order valence-electron chi connectivity index (χ2n) is 8.08. The van der Waals surface area contributed by atoms with E-state index in [0.29, 0.717) is 5.56 Å². The Morgan fingerprint density at radius 1 is 1.11 bits per heavy atom. The Morgan fingerprint density at radius 3 is 2.54 bits per heavy atom. The zero-order chi connectivity index (χ0) is 21.7. The highest BCUT2D eigenvalue weighted by Crippen LogP contribution is 2.42. The molecule has 0 radical (unpaired) electrons. The van der Waals surface area contributed by atoms with Crippen LogP contribution in [-0.2, 0) is 39.6 Å². The number of benzene rings is 1. The first-order valence-corrected chi connectivity index (χ1v) is 9.49. The normalized spacial score (nSPS) is 38.9. The Hall–Kier alpha value is -1.51. The lowest BCUT2D eigenvalue weighted by atomic mass is 10.1. The molecule has 0 bridgehead atoms. The minimum absolute atomic E-state index is 0.268. The second kappa shape index (κ2) is 7.39. The van der Waals surface area contributed by atoms with Crippen LogP contribution in [0, 0.1) is 0 Å². The molecule has 3 heterocycles. The van der Waals surface area contributed by atoms with Crippen molar-refractivity contribution in [3.05, 3.63) is 35.9 Å². The Balaban J connectivity index is 1.50. The number of hydrogen-bond acceptors (Lipinski definition) is 7. The number of carbonyl (C=O) groups is 1. The standard InChI is InChI=1S/C21H28O7/c1-20(2)23-12-14(26-20)16-17(18-19(25-16)28-21(3,4)27-18)24-15(22)11-10-13-8-6-5-7-9-13/h5-9,14,16-19H,10-12H2,1-4H3/t14-,16-,17+,18-,19-/m1/s1/i10D,11D/t10?,11?,14-,16-,17+,18-,19-. The van der Waals surface area contributed by atoms with Crippen LogP contribution in [0.25, 0.3) is 0 Å². The van der Waals surface area contributed by atoms with E-state index >= 15 is 0 Å². The van der Waals surface area contributed by atoms with E-state index in [-0.39, 0.29) is 6.61 Å². The molecule has 7 atom stereocenters. The molecule has 3 aliphatic heterocycles. The molecule has 0 amide bonds. The maximum Gasteiger partial charge on any atom is 0.306 e. The van der Waals surface area contributed by atoms with Crippen molar-refractivity contribution < 1.29 is 36.0 Å². The van der Waals surface area contributed by atoms with Gasteiger partial charge in [0.15, 0.2) is 30.1 Å². The lowest BCUT2D eigenvalue weighted by Gasteiger charge is -2.28. The molecule has 3 fully saturated rings. The van der Waals surface area contributed by atoms with E-state index < -0.39 is 61.0 Å². The summed E-state index contributed by atoms with van der Waals surface area (Å²) in [6.45, 7) is 7.37. The van der Waals surface area contributed by atoms with Crippen LogP contribution in [0.1, 0.15) is 42.4 Å². The van der Waals surface area contributed by atoms with Crippen LogP contribution in [0.3, 0.4) is 0 Å². The van der Waals surface area contributed by atoms with Crippen molar-refractivity contribution in [2.24, 2.45) is 0 Å². The van der Waals surface area contributed by atoms with Gasteiger partial charge in [0.2, 0.25) is 0 Å². The van der Waals surface area contributed by atoms with Gasteiger partial charge in [0.1, 0.15) is 12.2 Å². The molecule has 2 unspecified atom stereocenters. The number of aryl methyl sites for hydroxylation is 1. The summed E-state index contributed by atoms with van der Waals surface area (Å²) >= 11 is 0. The average Bonchev–Trinajstić information content (AvgIpc) is 3.31. The van der Waals surface area contributed by atoms with Crippen LogP contribution in [0.2, 0.25) is 0 Å². The van der Waals surface area contributed by atoms with Gasteiger partial charge in [-0.15, -0.1) is 0 Å². The molecule has 7 heteroatoms. The van der Waals surface area contributed by atoms with Crippen molar-refractivity contribution in [1.82, 2.24) is 0 Å². The molecule has 3 aliphatic rings. The van der Waals surface area contributed by atoms with Gasteiger partial charge in [-0.2, -0.15) is 0 Å². The van der Waals surface area contributed by atoms with Crippen molar-refractivity contribution >= 4 is 5.97 Å². The zero-order valence-electron chi connectivity index (χ0n) is 18.5. The van der Waals surface area contributed by atoms with Gasteiger partial charge in [0, 0.05) is 9.14 Å². The van der Waals surface area contributed by atoms with E-state index in [1.165, 1.54) is 0 Å². The highest BCUT2D eigenvalue weighted by Gasteiger charge is 2.59. The Kier molecular flexibility index (Phi) is 4.58. The second-order valence-corrected chi connectivity index (χ2v) is 8.08. The van der Waals surface area contributed by atoms with E-state index in [1.54, 1.807) is 52.0 Å². The van der Waals surface area contributed by atoms with Gasteiger partial charge in [0.05, 0.1) is 6.61 Å². The molecule has 3 saturated heterocycles. The summed E-state index contributed by atoms with van der Waals surface area (Å²) in [5.41, 5.74) is 0.572. The summed E-state index contributed by atoms with van der Waals surface area (Å²) in [6.07, 6.45) is -5.87. The highest BCUT2D eigenvalue weighted by molar-refractivity contribution is 5.70. The number of esters is 1. The van der Waals surface area contributed by atoms with E-state index in [2.05, 4.69) is 0 Å². The van der Waals surface area contributed by atoms with Crippen LogP contribution in [0.15, 0.2) is 30.3 Å². The monoisotopic (exact) mass is 394 g/mol. The molecule has 1 aromatic carbocycles. The van der Waals surface area contributed by atoms with E-state index in [1.807, 2.05) is 6.07 Å². The number of hydrogen-bond donors (Lipinski definition) is 0. The fourth-order valence-corrected chi connectivity index (χ4v) is 3.72. The van der Waals surface area contributed by atoms with Crippen molar-refractivity contribution in [2.75, 3.05) is 6.61 Å². The lowest BCUT2D eigenvalue weighted by molar-refractivity contribution is -0.235. The highest BCUT2D eigenvalue weighted by atomic mass is 16.8. The Bertz CT molecular complexity index is 772. The summed E-state index contributed by atoms with van der Waals surface area (Å²) in [5.74, 6) is -2.48. The van der Waals surface area contributed by atoms with Gasteiger partial charge in [-0.05, 0) is 39.7 Å². The molecular formula is C21H28O7. The third kappa shape index (κ3) is 4.23. The Morgan fingerprint density at radius 2 is 1.86 bits per heavy atom. The largest absolute Gasteiger partial charge is 0.456 e. The summed E-state index contributed by atoms with van der Waals surface area (Å²) < 4.78 is 51.5. The molecule has 0 aromatic heterocycles. The topological polar surface area (TPSA) is 72.5 Å². The first-order valence-electron chi connectivity index (χ1n) is 10.6. The molecule has 4 rings (SSSR count). The molecule has 7 nitrogen and oxygen atoms in total. The quantitative estimate of drug-likeness (QED) is 0.711. The SMILES string of the molecule is [2H]C(C(=O)O[C@@H]1[C@H]2OC(C)(C)O[C@H]2O[C@@H]1[C@H]1COC(C)(C)O1)C([2H])c1ccccc1. The smallest absolute Gasteiger partial charge is 0.306 e. The maximum absolute atomic E-state index is 12.8. The number of ether oxygens (including phenoxy) is 6. The Labute approximate surface area is 168 Å². The predicted octanol–water partition coefficient (Wildman–Crippen LogP) is 2.56. The fourth-order valence-electron chi connectivity index (χ4n) is 3.72. The number of fused-ring (bicyclic) bond motifs is 1. The van der Waals surface area contributed by atoms with E-state index in [9.17, 15) is 4.79 Å². The minimum atomic E-state index is -1.42. The fraction of sp³-hybridized carbons (Fsp3) is 0.667. The van der Waals surface area contributed by atoms with Crippen molar-refractivity contribution in [1.29, 1.82) is 0 Å². The van der Waals surface area contributed by atoms with E-state index in [0.717, 1.165) is 0 Å². The third-order valence-corrected chi connectivity index (χ3v) is 4.89. The number of carbonyl (C=O) groups excluding carboxylic acids is 1. The predicted molar refractivity (Wildman–Crippen MR) is 98.2 cm³/mol. The van der Waals surface area contributed by atoms with Crippen molar-refractivity contribution in [3.63, 3.8) is 0 Å². The molecule has 28 heavy (non-hydrogen) atoms. The molecule has 0 aliphatic carbocycles. The van der Waals surface area contributed by atoms with Gasteiger partial charge in [0.25, 0.3) is 0 Å². The van der Waals surface area contributed by atoms with Crippen molar-refractivity contribution in [3.8, 4) is 0 Å². The summed E-state index contributed by atoms with van der Waals surface area (Å²) in [6, 6.07) is 8.79. The van der Waals surface area contributed by atoms with Crippen LogP contribution in [0.5, 0.6) is 0 Å². The molecule has 0 spiro atoms. The van der Waals surface area contributed by atoms with Crippen LogP contribution in [0.4, 0.5) is 0 Å². The molecule has 0 N–H and O–H groups in total. The van der Waals surface area contributed by atoms with Gasteiger partial charge >= 0.3 is 5.97 Å². The lowest BCUT2D eigenvalue weighted by Crippen LogP contribution is -2.45. The summed E-state index contributed by atoms with van der Waals surface area (Å²) in [5, 5.41) is 0. The van der Waals surface area contributed by atoms with Crippen molar-refractivity contribution in [2.45, 2.75) is 82.8 Å². The molecule has 154 valence electrons. The molecule has 0 saturated carbocycles. The van der Waals surface area contributed by atoms with E-state index in [4.69, 9.17) is 31.2 Å². The van der Waals surface area contributed by atoms with Crippen LogP contribution < -0.4 is 0 Å². The average molecular weight is 394 g/mol. The van der Waals surface area contributed by atoms with Crippen LogP contribution in [-0.4, -0.2) is 54.9 Å². The zero-order valence-corrected chi connectivity index (χ0v) is 16.5.